The molecule has 1 aromatic carbocycles. The normalized spacial score (nSPS) is 11.1. The van der Waals surface area contributed by atoms with Crippen LogP contribution >= 0.6 is 0 Å². The maximum atomic E-state index is 13.4. The van der Waals surface area contributed by atoms with Crippen molar-refractivity contribution in [2.24, 2.45) is 0 Å². The van der Waals surface area contributed by atoms with Gasteiger partial charge in [0.2, 0.25) is 0 Å². The Labute approximate surface area is 106 Å². The van der Waals surface area contributed by atoms with Gasteiger partial charge in [0.15, 0.2) is 18.2 Å². The summed E-state index contributed by atoms with van der Waals surface area (Å²) in [5, 5.41) is 2.79. The van der Waals surface area contributed by atoms with Gasteiger partial charge in [-0.2, -0.15) is 0 Å². The van der Waals surface area contributed by atoms with Gasteiger partial charge in [0.25, 0.3) is 5.91 Å². The van der Waals surface area contributed by atoms with E-state index in [0.717, 1.165) is 6.42 Å². The zero-order valence-electron chi connectivity index (χ0n) is 10.9. The summed E-state index contributed by atoms with van der Waals surface area (Å²) in [6, 6.07) is 4.24. The van der Waals surface area contributed by atoms with Crippen molar-refractivity contribution in [1.29, 1.82) is 0 Å². The van der Waals surface area contributed by atoms with Crippen molar-refractivity contribution in [2.75, 3.05) is 12.3 Å². The van der Waals surface area contributed by atoms with E-state index in [0.29, 0.717) is 0 Å². The third kappa shape index (κ3) is 3.91. The molecule has 0 aliphatic rings. The van der Waals surface area contributed by atoms with E-state index in [1.807, 2.05) is 20.8 Å². The average Bonchev–Trinajstić information content (AvgIpc) is 2.28. The number of nitrogens with one attached hydrogen (secondary N) is 1. The highest BCUT2D eigenvalue weighted by atomic mass is 19.1. The predicted molar refractivity (Wildman–Crippen MR) is 68.8 cm³/mol. The van der Waals surface area contributed by atoms with Gasteiger partial charge in [-0.3, -0.25) is 4.79 Å². The number of nitrogen functional groups attached to an aromatic ring is 1. The molecule has 1 amide bonds. The monoisotopic (exact) mass is 254 g/mol. The molecule has 1 rings (SSSR count). The lowest BCUT2D eigenvalue weighted by Gasteiger charge is -2.24. The van der Waals surface area contributed by atoms with Crippen molar-refractivity contribution >= 4 is 11.6 Å². The Balaban J connectivity index is 2.58. The number of hydrogen-bond donors (Lipinski definition) is 2. The van der Waals surface area contributed by atoms with Crippen LogP contribution in [0.4, 0.5) is 10.1 Å². The number of para-hydroxylation sites is 1. The molecule has 0 saturated carbocycles. The molecule has 0 aromatic heterocycles. The highest BCUT2D eigenvalue weighted by Gasteiger charge is 2.18. The standard InChI is InChI=1S/C13H19FN2O2/c1-4-13(2,3)16-11(17)8-18-12-9(14)6-5-7-10(12)15/h5-7H,4,8,15H2,1-3H3,(H,16,17). The van der Waals surface area contributed by atoms with E-state index in [4.69, 9.17) is 10.5 Å². The first kappa shape index (κ1) is 14.3. The van der Waals surface area contributed by atoms with E-state index in [1.54, 1.807) is 0 Å². The minimum atomic E-state index is -0.572. The first-order valence-corrected chi connectivity index (χ1v) is 5.83. The van der Waals surface area contributed by atoms with Gasteiger partial charge in [-0.05, 0) is 32.4 Å². The molecule has 5 heteroatoms. The van der Waals surface area contributed by atoms with Gasteiger partial charge in [-0.1, -0.05) is 13.0 Å². The molecule has 0 fully saturated rings. The van der Waals surface area contributed by atoms with Gasteiger partial charge in [-0.15, -0.1) is 0 Å². The van der Waals surface area contributed by atoms with Crippen molar-refractivity contribution < 1.29 is 13.9 Å². The van der Waals surface area contributed by atoms with Gasteiger partial charge < -0.3 is 15.8 Å². The van der Waals surface area contributed by atoms with Crippen molar-refractivity contribution in [3.63, 3.8) is 0 Å². The van der Waals surface area contributed by atoms with E-state index in [9.17, 15) is 9.18 Å². The number of hydrogen-bond acceptors (Lipinski definition) is 3. The van der Waals surface area contributed by atoms with E-state index < -0.39 is 5.82 Å². The summed E-state index contributed by atoms with van der Waals surface area (Å²) in [5.41, 5.74) is 5.44. The molecule has 0 spiro atoms. The van der Waals surface area contributed by atoms with E-state index in [2.05, 4.69) is 5.32 Å². The second kappa shape index (κ2) is 5.71. The molecule has 0 unspecified atom stereocenters. The third-order valence-corrected chi connectivity index (χ3v) is 2.71. The van der Waals surface area contributed by atoms with Crippen LogP contribution in [-0.2, 0) is 4.79 Å². The van der Waals surface area contributed by atoms with Crippen LogP contribution in [0.15, 0.2) is 18.2 Å². The number of amides is 1. The Morgan fingerprint density at radius 1 is 1.50 bits per heavy atom. The Kier molecular flexibility index (Phi) is 4.53. The van der Waals surface area contributed by atoms with Gasteiger partial charge in [-0.25, -0.2) is 4.39 Å². The number of benzene rings is 1. The van der Waals surface area contributed by atoms with Crippen LogP contribution in [-0.4, -0.2) is 18.1 Å². The number of rotatable bonds is 5. The summed E-state index contributed by atoms with van der Waals surface area (Å²) in [5.74, 6) is -0.955. The van der Waals surface area contributed by atoms with Crippen LogP contribution in [0.2, 0.25) is 0 Å². The van der Waals surface area contributed by atoms with Gasteiger partial charge in [0, 0.05) is 5.54 Å². The maximum absolute atomic E-state index is 13.4. The molecule has 0 atom stereocenters. The summed E-state index contributed by atoms with van der Waals surface area (Å²) >= 11 is 0. The first-order chi connectivity index (χ1) is 8.35. The van der Waals surface area contributed by atoms with Crippen molar-refractivity contribution in [1.82, 2.24) is 5.32 Å². The largest absolute Gasteiger partial charge is 0.479 e. The lowest BCUT2D eigenvalue weighted by molar-refractivity contribution is -0.124. The Morgan fingerprint density at radius 3 is 2.72 bits per heavy atom. The second-order valence-electron chi connectivity index (χ2n) is 4.73. The van der Waals surface area contributed by atoms with Crippen molar-refractivity contribution in [2.45, 2.75) is 32.7 Å². The highest BCUT2D eigenvalue weighted by molar-refractivity contribution is 5.78. The summed E-state index contributed by atoms with van der Waals surface area (Å²) in [7, 11) is 0. The number of carbonyl (C=O) groups excluding carboxylic acids is 1. The quantitative estimate of drug-likeness (QED) is 0.791. The summed E-state index contributed by atoms with van der Waals surface area (Å²) in [4.78, 5) is 11.6. The molecule has 100 valence electrons. The van der Waals surface area contributed by atoms with E-state index in [-0.39, 0.29) is 29.5 Å². The molecular weight excluding hydrogens is 235 g/mol. The highest BCUT2D eigenvalue weighted by Crippen LogP contribution is 2.24. The zero-order chi connectivity index (χ0) is 13.8. The Morgan fingerprint density at radius 2 is 2.17 bits per heavy atom. The lowest BCUT2D eigenvalue weighted by Crippen LogP contribution is -2.45. The zero-order valence-corrected chi connectivity index (χ0v) is 10.9. The molecule has 0 bridgehead atoms. The van der Waals surface area contributed by atoms with Crippen LogP contribution in [0.25, 0.3) is 0 Å². The van der Waals surface area contributed by atoms with Gasteiger partial charge >= 0.3 is 0 Å². The number of nitrogens with two attached hydrogens (primary N) is 1. The minimum Gasteiger partial charge on any atom is -0.479 e. The summed E-state index contributed by atoms with van der Waals surface area (Å²) < 4.78 is 18.5. The SMILES string of the molecule is CCC(C)(C)NC(=O)COc1c(N)cccc1F. The first-order valence-electron chi connectivity index (χ1n) is 5.83. The minimum absolute atomic E-state index is 0.0815. The molecule has 0 aliphatic heterocycles. The fourth-order valence-electron chi connectivity index (χ4n) is 1.32. The molecule has 0 heterocycles. The fraction of sp³-hybridized carbons (Fsp3) is 0.462. The number of halogens is 1. The maximum Gasteiger partial charge on any atom is 0.258 e. The van der Waals surface area contributed by atoms with Crippen LogP contribution < -0.4 is 15.8 Å². The molecule has 4 nitrogen and oxygen atoms in total. The van der Waals surface area contributed by atoms with Crippen LogP contribution in [0.3, 0.4) is 0 Å². The molecule has 3 N–H and O–H groups in total. The third-order valence-electron chi connectivity index (χ3n) is 2.71. The Hall–Kier alpha value is -1.78. The van der Waals surface area contributed by atoms with E-state index in [1.165, 1.54) is 18.2 Å². The smallest absolute Gasteiger partial charge is 0.258 e. The van der Waals surface area contributed by atoms with Crippen LogP contribution in [0, 0.1) is 5.82 Å². The predicted octanol–water partition coefficient (Wildman–Crippen LogP) is 2.09. The average molecular weight is 254 g/mol. The van der Waals surface area contributed by atoms with E-state index >= 15 is 0 Å². The second-order valence-corrected chi connectivity index (χ2v) is 4.73. The Bertz CT molecular complexity index is 413. The molecular formula is C13H19FN2O2. The van der Waals surface area contributed by atoms with Crippen LogP contribution in [0.5, 0.6) is 5.75 Å². The summed E-state index contributed by atoms with van der Waals surface area (Å²) in [6.07, 6.45) is 0.792. The summed E-state index contributed by atoms with van der Waals surface area (Å²) in [6.45, 7) is 5.52. The number of carbonyl (C=O) groups is 1. The van der Waals surface area contributed by atoms with Gasteiger partial charge in [0.1, 0.15) is 0 Å². The molecule has 0 aliphatic carbocycles. The number of anilines is 1. The lowest BCUT2D eigenvalue weighted by atomic mass is 10.0. The molecule has 0 radical (unpaired) electrons. The molecule has 1 aromatic rings. The van der Waals surface area contributed by atoms with Crippen molar-refractivity contribution in [3.8, 4) is 5.75 Å². The fourth-order valence-corrected chi connectivity index (χ4v) is 1.32. The van der Waals surface area contributed by atoms with Crippen molar-refractivity contribution in [3.05, 3.63) is 24.0 Å². The molecule has 0 saturated heterocycles. The van der Waals surface area contributed by atoms with Crippen LogP contribution in [0.1, 0.15) is 27.2 Å². The molecule has 18 heavy (non-hydrogen) atoms. The number of ether oxygens (including phenoxy) is 1. The van der Waals surface area contributed by atoms with Gasteiger partial charge in [0.05, 0.1) is 5.69 Å². The topological polar surface area (TPSA) is 64.3 Å².